The van der Waals surface area contributed by atoms with Gasteiger partial charge in [-0.3, -0.25) is 4.79 Å². The second-order valence-corrected chi connectivity index (χ2v) is 12.9. The highest BCUT2D eigenvalue weighted by Gasteiger charge is 2.60. The highest BCUT2D eigenvalue weighted by molar-refractivity contribution is 7.89. The van der Waals surface area contributed by atoms with Crippen LogP contribution in [-0.4, -0.2) is 38.9 Å². The van der Waals surface area contributed by atoms with E-state index in [1.807, 2.05) is 18.0 Å². The van der Waals surface area contributed by atoms with Crippen LogP contribution in [0.15, 0.2) is 47.4 Å². The number of likely N-dealkylation sites (N-methyl/N-ethyl adjacent to an activating group) is 1. The fourth-order valence-corrected chi connectivity index (χ4v) is 9.18. The van der Waals surface area contributed by atoms with Gasteiger partial charge in [0.15, 0.2) is 0 Å². The maximum absolute atomic E-state index is 12.8. The molecule has 7 atom stereocenters. The van der Waals surface area contributed by atoms with E-state index in [4.69, 9.17) is 0 Å². The van der Waals surface area contributed by atoms with Crippen molar-refractivity contribution in [2.45, 2.75) is 63.3 Å². The molecular formula is C26H36N2O3S. The standard InChI is InChI=1S/C26H36N2O3S/c1-25-15-13-22-20(10-12-23-26(22,2)16-14-24(29)28(23)3)21(25)11-9-18(25)17-27-32(30,31)19-7-5-4-6-8-19/h4-8,14,16,18,20-23,27H,9-13,15,17H2,1-3H3/t18?,20-,21-,22+,23?,25+,26+/m0/s1. The van der Waals surface area contributed by atoms with Crippen molar-refractivity contribution >= 4 is 15.9 Å². The molecule has 1 amide bonds. The van der Waals surface area contributed by atoms with Gasteiger partial charge in [-0.25, -0.2) is 13.1 Å². The minimum atomic E-state index is -3.47. The number of carbonyl (C=O) groups is 1. The summed E-state index contributed by atoms with van der Waals surface area (Å²) >= 11 is 0. The van der Waals surface area contributed by atoms with Crippen LogP contribution in [0.3, 0.4) is 0 Å². The van der Waals surface area contributed by atoms with Gasteiger partial charge >= 0.3 is 0 Å². The molecule has 2 unspecified atom stereocenters. The van der Waals surface area contributed by atoms with Crippen molar-refractivity contribution in [1.82, 2.24) is 9.62 Å². The predicted octanol–water partition coefficient (Wildman–Crippen LogP) is 4.22. The number of nitrogens with one attached hydrogen (secondary N) is 1. The van der Waals surface area contributed by atoms with Crippen LogP contribution >= 0.6 is 0 Å². The van der Waals surface area contributed by atoms with Crippen molar-refractivity contribution in [1.29, 1.82) is 0 Å². The van der Waals surface area contributed by atoms with E-state index in [0.29, 0.717) is 41.2 Å². The number of carbonyl (C=O) groups excluding carboxylic acids is 1. The average Bonchev–Trinajstić information content (AvgIpc) is 3.12. The van der Waals surface area contributed by atoms with Gasteiger partial charge in [-0.05, 0) is 85.8 Å². The van der Waals surface area contributed by atoms with Crippen LogP contribution in [0.5, 0.6) is 0 Å². The zero-order valence-corrected chi connectivity index (χ0v) is 20.3. The Hall–Kier alpha value is -1.66. The summed E-state index contributed by atoms with van der Waals surface area (Å²) in [5.41, 5.74) is 0.240. The molecule has 0 aromatic heterocycles. The van der Waals surface area contributed by atoms with E-state index in [9.17, 15) is 13.2 Å². The SMILES string of the molecule is CN1C(=O)C=C[C@@]2(C)C1CC[C@@H]1[C@H]2CC[C@]2(C)C(CNS(=O)(=O)c3ccccc3)CC[C@@H]12. The number of sulfonamides is 1. The molecular weight excluding hydrogens is 420 g/mol. The molecule has 0 spiro atoms. The van der Waals surface area contributed by atoms with Gasteiger partial charge in [0.05, 0.1) is 4.90 Å². The van der Waals surface area contributed by atoms with E-state index in [1.165, 1.54) is 19.3 Å². The Kier molecular flexibility index (Phi) is 5.33. The highest BCUT2D eigenvalue weighted by Crippen LogP contribution is 2.65. The Balaban J connectivity index is 1.33. The molecule has 5 nitrogen and oxygen atoms in total. The van der Waals surface area contributed by atoms with Crippen molar-refractivity contribution in [3.8, 4) is 0 Å². The number of hydrogen-bond acceptors (Lipinski definition) is 3. The highest BCUT2D eigenvalue weighted by atomic mass is 32.2. The maximum atomic E-state index is 12.8. The number of nitrogens with zero attached hydrogens (tertiary/aromatic N) is 1. The summed E-state index contributed by atoms with van der Waals surface area (Å²) in [5.74, 6) is 2.42. The molecule has 5 rings (SSSR count). The lowest BCUT2D eigenvalue weighted by atomic mass is 9.47. The van der Waals surface area contributed by atoms with Gasteiger partial charge in [0.25, 0.3) is 0 Å². The van der Waals surface area contributed by atoms with E-state index < -0.39 is 10.0 Å². The fraction of sp³-hybridized carbons (Fsp3) is 0.654. The molecule has 6 heteroatoms. The first-order valence-electron chi connectivity index (χ1n) is 12.2. The molecule has 3 saturated carbocycles. The van der Waals surface area contributed by atoms with Crippen LogP contribution in [0.4, 0.5) is 0 Å². The number of benzene rings is 1. The minimum absolute atomic E-state index is 0.0554. The van der Waals surface area contributed by atoms with Gasteiger partial charge in [0.2, 0.25) is 15.9 Å². The van der Waals surface area contributed by atoms with Crippen molar-refractivity contribution in [2.75, 3.05) is 13.6 Å². The topological polar surface area (TPSA) is 66.5 Å². The molecule has 0 bridgehead atoms. The Morgan fingerprint density at radius 2 is 1.78 bits per heavy atom. The van der Waals surface area contributed by atoms with Crippen LogP contribution in [0.25, 0.3) is 0 Å². The van der Waals surface area contributed by atoms with Gasteiger partial charge in [0.1, 0.15) is 0 Å². The lowest BCUT2D eigenvalue weighted by Gasteiger charge is -2.60. The van der Waals surface area contributed by atoms with Crippen LogP contribution in [0.1, 0.15) is 52.4 Å². The lowest BCUT2D eigenvalue weighted by molar-refractivity contribution is -0.138. The van der Waals surface area contributed by atoms with E-state index in [1.54, 1.807) is 30.3 Å². The molecule has 0 saturated heterocycles. The van der Waals surface area contributed by atoms with Crippen LogP contribution in [0, 0.1) is 34.5 Å². The van der Waals surface area contributed by atoms with Gasteiger partial charge in [-0.1, -0.05) is 38.1 Å². The molecule has 3 fully saturated rings. The first-order chi connectivity index (χ1) is 15.2. The van der Waals surface area contributed by atoms with Crippen LogP contribution in [0.2, 0.25) is 0 Å². The van der Waals surface area contributed by atoms with Gasteiger partial charge < -0.3 is 4.90 Å². The van der Waals surface area contributed by atoms with E-state index in [0.717, 1.165) is 19.3 Å². The zero-order valence-electron chi connectivity index (χ0n) is 19.5. The van der Waals surface area contributed by atoms with E-state index in [-0.39, 0.29) is 16.7 Å². The first kappa shape index (κ1) is 22.1. The second kappa shape index (κ2) is 7.69. The normalized spacial score (nSPS) is 41.2. The molecule has 174 valence electrons. The molecule has 1 N–H and O–H groups in total. The molecule has 1 aliphatic heterocycles. The smallest absolute Gasteiger partial charge is 0.246 e. The molecule has 4 aliphatic rings. The summed E-state index contributed by atoms with van der Waals surface area (Å²) in [6.07, 6.45) is 10.9. The summed E-state index contributed by atoms with van der Waals surface area (Å²) < 4.78 is 28.5. The van der Waals surface area contributed by atoms with Crippen molar-refractivity contribution in [3.05, 3.63) is 42.5 Å². The van der Waals surface area contributed by atoms with Crippen molar-refractivity contribution < 1.29 is 13.2 Å². The van der Waals surface area contributed by atoms with Crippen molar-refractivity contribution in [2.24, 2.45) is 34.5 Å². The van der Waals surface area contributed by atoms with Crippen LogP contribution in [-0.2, 0) is 14.8 Å². The summed E-state index contributed by atoms with van der Waals surface area (Å²) in [6.45, 7) is 5.32. The van der Waals surface area contributed by atoms with Gasteiger partial charge in [-0.2, -0.15) is 0 Å². The van der Waals surface area contributed by atoms with E-state index in [2.05, 4.69) is 24.6 Å². The Morgan fingerprint density at radius 3 is 2.53 bits per heavy atom. The zero-order chi connectivity index (χ0) is 22.7. The third-order valence-corrected chi connectivity index (χ3v) is 11.3. The Labute approximate surface area is 192 Å². The van der Waals surface area contributed by atoms with Crippen molar-refractivity contribution in [3.63, 3.8) is 0 Å². The molecule has 3 aliphatic carbocycles. The summed E-state index contributed by atoms with van der Waals surface area (Å²) in [6, 6.07) is 9.00. The number of rotatable bonds is 4. The molecule has 1 aromatic rings. The Morgan fingerprint density at radius 1 is 1.03 bits per heavy atom. The summed E-state index contributed by atoms with van der Waals surface area (Å²) in [7, 11) is -1.50. The molecule has 1 heterocycles. The minimum Gasteiger partial charge on any atom is -0.338 e. The predicted molar refractivity (Wildman–Crippen MR) is 125 cm³/mol. The third kappa shape index (κ3) is 3.28. The molecule has 0 radical (unpaired) electrons. The van der Waals surface area contributed by atoms with E-state index >= 15 is 0 Å². The number of amides is 1. The second-order valence-electron chi connectivity index (χ2n) is 11.1. The largest absolute Gasteiger partial charge is 0.338 e. The average molecular weight is 457 g/mol. The number of fused-ring (bicyclic) bond motifs is 5. The maximum Gasteiger partial charge on any atom is 0.246 e. The number of hydrogen-bond donors (Lipinski definition) is 1. The van der Waals surface area contributed by atoms with Gasteiger partial charge in [0, 0.05) is 25.0 Å². The van der Waals surface area contributed by atoms with Gasteiger partial charge in [-0.15, -0.1) is 0 Å². The summed E-state index contributed by atoms with van der Waals surface area (Å²) in [4.78, 5) is 14.6. The first-order valence-corrected chi connectivity index (χ1v) is 13.7. The quantitative estimate of drug-likeness (QED) is 0.738. The fourth-order valence-electron chi connectivity index (χ4n) is 8.08. The van der Waals surface area contributed by atoms with Crippen LogP contribution < -0.4 is 4.72 Å². The monoisotopic (exact) mass is 456 g/mol. The molecule has 1 aromatic carbocycles. The lowest BCUT2D eigenvalue weighted by Crippen LogP contribution is -2.59. The summed E-state index contributed by atoms with van der Waals surface area (Å²) in [5, 5.41) is 0. The Bertz CT molecular complexity index is 1020. The third-order valence-electron chi connectivity index (χ3n) is 9.90. The molecule has 32 heavy (non-hydrogen) atoms.